The van der Waals surface area contributed by atoms with Crippen LogP contribution in [0.15, 0.2) is 17.5 Å². The van der Waals surface area contributed by atoms with Gasteiger partial charge in [0.1, 0.15) is 5.01 Å². The predicted octanol–water partition coefficient (Wildman–Crippen LogP) is 4.78. The highest BCUT2D eigenvalue weighted by molar-refractivity contribution is 7.30. The van der Waals surface area contributed by atoms with E-state index >= 15 is 0 Å². The molecular formula is C10H7ClN2S3. The van der Waals surface area contributed by atoms with Gasteiger partial charge in [0.2, 0.25) is 0 Å². The molecule has 0 saturated carbocycles. The molecule has 82 valence electrons. The summed E-state index contributed by atoms with van der Waals surface area (Å²) in [7, 11) is 0. The largest absolute Gasteiger partial charge is 0.157 e. The maximum atomic E-state index is 5.97. The molecule has 3 rings (SSSR count). The average Bonchev–Trinajstić information content (AvgIpc) is 2.91. The fraction of sp³-hybridized carbons (Fsp3) is 0.200. The quantitative estimate of drug-likeness (QED) is 0.634. The molecule has 0 saturated heterocycles. The van der Waals surface area contributed by atoms with E-state index < -0.39 is 0 Å². The van der Waals surface area contributed by atoms with E-state index in [4.69, 9.17) is 11.6 Å². The van der Waals surface area contributed by atoms with Gasteiger partial charge in [-0.2, -0.15) is 0 Å². The number of alkyl halides is 1. The van der Waals surface area contributed by atoms with Crippen LogP contribution in [0.2, 0.25) is 0 Å². The number of halogens is 1. The van der Waals surface area contributed by atoms with E-state index in [-0.39, 0.29) is 5.38 Å². The second-order valence-electron chi connectivity index (χ2n) is 3.32. The number of thiophene rings is 2. The van der Waals surface area contributed by atoms with Crippen LogP contribution in [0.3, 0.4) is 0 Å². The van der Waals surface area contributed by atoms with Gasteiger partial charge in [0.05, 0.1) is 10.3 Å². The monoisotopic (exact) mass is 286 g/mol. The Kier molecular flexibility index (Phi) is 2.71. The third-order valence-electron chi connectivity index (χ3n) is 2.13. The Morgan fingerprint density at radius 3 is 2.81 bits per heavy atom. The minimum absolute atomic E-state index is 0.0627. The van der Waals surface area contributed by atoms with Gasteiger partial charge < -0.3 is 0 Å². The van der Waals surface area contributed by atoms with Gasteiger partial charge in [-0.25, -0.2) is 0 Å². The molecule has 2 nitrogen and oxygen atoms in total. The molecule has 0 radical (unpaired) electrons. The normalized spacial score (nSPS) is 13.4. The molecule has 0 aliphatic heterocycles. The number of aromatic nitrogens is 2. The Hall–Kier alpha value is -0.490. The molecule has 0 N–H and O–H groups in total. The highest BCUT2D eigenvalue weighted by atomic mass is 35.5. The van der Waals surface area contributed by atoms with E-state index in [2.05, 4.69) is 27.7 Å². The molecule has 1 unspecified atom stereocenters. The van der Waals surface area contributed by atoms with Crippen LogP contribution >= 0.6 is 45.6 Å². The lowest BCUT2D eigenvalue weighted by molar-refractivity contribution is 0.963. The van der Waals surface area contributed by atoms with Crippen molar-refractivity contribution in [3.63, 3.8) is 0 Å². The first-order chi connectivity index (χ1) is 7.74. The zero-order valence-electron chi connectivity index (χ0n) is 8.31. The summed E-state index contributed by atoms with van der Waals surface area (Å²) >= 11 is 11.1. The zero-order valence-corrected chi connectivity index (χ0v) is 11.5. The molecule has 0 fully saturated rings. The summed E-state index contributed by atoms with van der Waals surface area (Å²) in [6.07, 6.45) is 0. The van der Waals surface area contributed by atoms with Gasteiger partial charge in [0, 0.05) is 9.40 Å². The number of fused-ring (bicyclic) bond motifs is 1. The summed E-state index contributed by atoms with van der Waals surface area (Å²) in [4.78, 5) is 1.18. The van der Waals surface area contributed by atoms with Gasteiger partial charge in [-0.3, -0.25) is 0 Å². The lowest BCUT2D eigenvalue weighted by Crippen LogP contribution is -1.80. The van der Waals surface area contributed by atoms with Crippen LogP contribution in [0, 0.1) is 0 Å². The Labute approximate surface area is 110 Å². The minimum Gasteiger partial charge on any atom is -0.143 e. The minimum atomic E-state index is -0.0627. The van der Waals surface area contributed by atoms with Gasteiger partial charge >= 0.3 is 0 Å². The lowest BCUT2D eigenvalue weighted by atomic mass is 10.4. The topological polar surface area (TPSA) is 25.8 Å². The van der Waals surface area contributed by atoms with E-state index in [0.29, 0.717) is 0 Å². The first-order valence-corrected chi connectivity index (χ1v) is 7.64. The number of rotatable bonds is 2. The standard InChI is InChI=1S/C10H7ClN2S3/c1-5(11)9-12-13-10(16-9)8-4-7-6(15-8)2-3-14-7/h2-5H,1H3. The first-order valence-electron chi connectivity index (χ1n) is 4.69. The average molecular weight is 287 g/mol. The Balaban J connectivity index is 2.05. The van der Waals surface area contributed by atoms with E-state index in [9.17, 15) is 0 Å². The van der Waals surface area contributed by atoms with Gasteiger partial charge in [0.25, 0.3) is 0 Å². The molecule has 0 spiro atoms. The summed E-state index contributed by atoms with van der Waals surface area (Å²) in [5.74, 6) is 0. The highest BCUT2D eigenvalue weighted by Crippen LogP contribution is 2.38. The van der Waals surface area contributed by atoms with Crippen molar-refractivity contribution in [2.75, 3.05) is 0 Å². The van der Waals surface area contributed by atoms with E-state index in [1.807, 2.05) is 6.92 Å². The maximum Gasteiger partial charge on any atom is 0.157 e. The number of hydrogen-bond acceptors (Lipinski definition) is 5. The first kappa shape index (κ1) is 10.7. The maximum absolute atomic E-state index is 5.97. The van der Waals surface area contributed by atoms with E-state index in [0.717, 1.165) is 10.0 Å². The van der Waals surface area contributed by atoms with Gasteiger partial charge in [-0.15, -0.1) is 44.5 Å². The summed E-state index contributed by atoms with van der Waals surface area (Å²) in [5.41, 5.74) is 0. The fourth-order valence-electron chi connectivity index (χ4n) is 1.37. The molecule has 0 aromatic carbocycles. The summed E-state index contributed by atoms with van der Waals surface area (Å²) < 4.78 is 2.63. The van der Waals surface area contributed by atoms with Crippen molar-refractivity contribution >= 4 is 55.0 Å². The molecule has 3 aromatic rings. The predicted molar refractivity (Wildman–Crippen MR) is 72.9 cm³/mol. The molecule has 6 heteroatoms. The molecule has 0 aliphatic rings. The molecule has 0 aliphatic carbocycles. The van der Waals surface area contributed by atoms with E-state index in [1.165, 1.54) is 14.3 Å². The van der Waals surface area contributed by atoms with Crippen molar-refractivity contribution < 1.29 is 0 Å². The lowest BCUT2D eigenvalue weighted by Gasteiger charge is -1.90. The third-order valence-corrected chi connectivity index (χ3v) is 5.84. The third kappa shape index (κ3) is 1.78. The number of nitrogens with zero attached hydrogens (tertiary/aromatic N) is 2. The van der Waals surface area contributed by atoms with Crippen molar-refractivity contribution in [3.8, 4) is 9.88 Å². The smallest absolute Gasteiger partial charge is 0.143 e. The Morgan fingerprint density at radius 2 is 2.12 bits per heavy atom. The van der Waals surface area contributed by atoms with Crippen LogP contribution in [-0.2, 0) is 0 Å². The van der Waals surface area contributed by atoms with Gasteiger partial charge in [-0.1, -0.05) is 11.3 Å². The Morgan fingerprint density at radius 1 is 1.25 bits per heavy atom. The van der Waals surface area contributed by atoms with Crippen LogP contribution in [0.25, 0.3) is 19.3 Å². The van der Waals surface area contributed by atoms with Crippen LogP contribution in [0.1, 0.15) is 17.3 Å². The molecule has 0 bridgehead atoms. The van der Waals surface area contributed by atoms with Gasteiger partial charge in [0.15, 0.2) is 5.01 Å². The highest BCUT2D eigenvalue weighted by Gasteiger charge is 2.13. The molecule has 3 aromatic heterocycles. The zero-order chi connectivity index (χ0) is 11.1. The molecule has 16 heavy (non-hydrogen) atoms. The number of hydrogen-bond donors (Lipinski definition) is 0. The second-order valence-corrected chi connectivity index (χ2v) is 7.02. The fourth-order valence-corrected chi connectivity index (χ4v) is 4.46. The summed E-state index contributed by atoms with van der Waals surface area (Å²) in [6.45, 7) is 1.92. The van der Waals surface area contributed by atoms with Crippen molar-refractivity contribution in [3.05, 3.63) is 22.5 Å². The SMILES string of the molecule is CC(Cl)c1nnc(-c2cc3sccc3s2)s1. The summed E-state index contributed by atoms with van der Waals surface area (Å²) in [5, 5.41) is 12.2. The van der Waals surface area contributed by atoms with Crippen LogP contribution in [0.5, 0.6) is 0 Å². The van der Waals surface area contributed by atoms with E-state index in [1.54, 1.807) is 34.0 Å². The van der Waals surface area contributed by atoms with Crippen LogP contribution in [0.4, 0.5) is 0 Å². The summed E-state index contributed by atoms with van der Waals surface area (Å²) in [6, 6.07) is 4.31. The molecule has 0 amide bonds. The second kappa shape index (κ2) is 4.07. The van der Waals surface area contributed by atoms with Gasteiger partial charge in [-0.05, 0) is 24.4 Å². The van der Waals surface area contributed by atoms with Crippen molar-refractivity contribution in [2.24, 2.45) is 0 Å². The van der Waals surface area contributed by atoms with Crippen LogP contribution in [-0.4, -0.2) is 10.2 Å². The van der Waals surface area contributed by atoms with Crippen molar-refractivity contribution in [2.45, 2.75) is 12.3 Å². The molecule has 3 heterocycles. The Bertz CT molecular complexity index is 594. The van der Waals surface area contributed by atoms with Crippen LogP contribution < -0.4 is 0 Å². The molecule has 1 atom stereocenters. The molecular weight excluding hydrogens is 280 g/mol. The van der Waals surface area contributed by atoms with Crippen molar-refractivity contribution in [1.82, 2.24) is 10.2 Å². The van der Waals surface area contributed by atoms with Crippen molar-refractivity contribution in [1.29, 1.82) is 0 Å².